The predicted octanol–water partition coefficient (Wildman–Crippen LogP) is 1.58. The number of ether oxygens (including phenoxy) is 2. The van der Waals surface area contributed by atoms with Crippen molar-refractivity contribution in [1.82, 2.24) is 10.2 Å². The number of carbonyl (C=O) groups excluding carboxylic acids is 2. The summed E-state index contributed by atoms with van der Waals surface area (Å²) in [5.74, 6) is -0.411. The number of amides is 1. The van der Waals surface area contributed by atoms with Crippen LogP contribution in [0.5, 0.6) is 5.75 Å². The van der Waals surface area contributed by atoms with Crippen LogP contribution < -0.4 is 10.1 Å². The molecule has 0 radical (unpaired) electrons. The van der Waals surface area contributed by atoms with Gasteiger partial charge in [-0.1, -0.05) is 17.7 Å². The van der Waals surface area contributed by atoms with Gasteiger partial charge in [0.05, 0.1) is 19.2 Å². The van der Waals surface area contributed by atoms with Crippen LogP contribution >= 0.6 is 23.8 Å². The molecule has 0 aromatic heterocycles. The van der Waals surface area contributed by atoms with Crippen LogP contribution in [0.4, 0.5) is 0 Å². The number of carbonyl (C=O) groups is 2. The van der Waals surface area contributed by atoms with Crippen LogP contribution in [0.2, 0.25) is 5.02 Å². The molecule has 1 fully saturated rings. The van der Waals surface area contributed by atoms with Crippen LogP contribution in [-0.4, -0.2) is 42.7 Å². The fraction of sp³-hybridized carbons (Fsp3) is 0.214. The van der Waals surface area contributed by atoms with Gasteiger partial charge < -0.3 is 14.8 Å². The van der Waals surface area contributed by atoms with Crippen LogP contribution in [0, 0.1) is 0 Å². The first-order valence-electron chi connectivity index (χ1n) is 6.21. The first-order valence-corrected chi connectivity index (χ1v) is 6.99. The van der Waals surface area contributed by atoms with Gasteiger partial charge in [0, 0.05) is 0 Å². The third-order valence-electron chi connectivity index (χ3n) is 2.96. The van der Waals surface area contributed by atoms with Crippen LogP contribution in [-0.2, 0) is 14.3 Å². The average molecular weight is 341 g/mol. The molecule has 1 aliphatic heterocycles. The number of hydrogen-bond acceptors (Lipinski definition) is 5. The van der Waals surface area contributed by atoms with Gasteiger partial charge in [-0.15, -0.1) is 0 Å². The Balaban J connectivity index is 2.22. The number of halogens is 1. The maximum absolute atomic E-state index is 12.2. The minimum Gasteiger partial charge on any atom is -0.495 e. The molecule has 1 aromatic carbocycles. The summed E-state index contributed by atoms with van der Waals surface area (Å²) in [6.07, 6.45) is 1.59. The molecule has 116 valence electrons. The van der Waals surface area contributed by atoms with Crippen LogP contribution in [0.15, 0.2) is 23.9 Å². The number of hydrogen-bond donors (Lipinski definition) is 1. The number of benzene rings is 1. The van der Waals surface area contributed by atoms with E-state index in [9.17, 15) is 9.59 Å². The summed E-state index contributed by atoms with van der Waals surface area (Å²) in [4.78, 5) is 24.6. The molecular weight excluding hydrogens is 328 g/mol. The topological polar surface area (TPSA) is 67.9 Å². The lowest BCUT2D eigenvalue weighted by atomic mass is 10.2. The molecule has 22 heavy (non-hydrogen) atoms. The molecule has 2 rings (SSSR count). The SMILES string of the molecule is COC(=O)CN1C(=O)/C(=C/c2ccc(OC)c(Cl)c2)NC1=S. The lowest BCUT2D eigenvalue weighted by molar-refractivity contribution is -0.143. The molecule has 1 heterocycles. The van der Waals surface area contributed by atoms with Crippen molar-refractivity contribution in [2.75, 3.05) is 20.8 Å². The van der Waals surface area contributed by atoms with Crippen molar-refractivity contribution in [2.45, 2.75) is 0 Å². The van der Waals surface area contributed by atoms with Crippen LogP contribution in [0.3, 0.4) is 0 Å². The highest BCUT2D eigenvalue weighted by Gasteiger charge is 2.32. The Hall–Kier alpha value is -2.12. The van der Waals surface area contributed by atoms with E-state index in [1.165, 1.54) is 14.2 Å². The molecule has 0 spiro atoms. The lowest BCUT2D eigenvalue weighted by Crippen LogP contribution is -2.35. The molecule has 0 atom stereocenters. The fourth-order valence-corrected chi connectivity index (χ4v) is 2.37. The summed E-state index contributed by atoms with van der Waals surface area (Å²) in [5.41, 5.74) is 0.958. The van der Waals surface area contributed by atoms with Crippen molar-refractivity contribution in [1.29, 1.82) is 0 Å². The van der Waals surface area contributed by atoms with Crippen molar-refractivity contribution < 1.29 is 19.1 Å². The number of thiocarbonyl (C=S) groups is 1. The third-order valence-corrected chi connectivity index (χ3v) is 3.58. The highest BCUT2D eigenvalue weighted by molar-refractivity contribution is 7.80. The Morgan fingerprint density at radius 2 is 2.18 bits per heavy atom. The van der Waals surface area contributed by atoms with Gasteiger partial charge in [-0.2, -0.15) is 0 Å². The standard InChI is InChI=1S/C14H13ClN2O4S/c1-20-11-4-3-8(5-9(11)15)6-10-13(19)17(14(22)16-10)7-12(18)21-2/h3-6H,7H2,1-2H3,(H,16,22)/b10-6-. The van der Waals surface area contributed by atoms with E-state index >= 15 is 0 Å². The molecule has 8 heteroatoms. The van der Waals surface area contributed by atoms with Crippen LogP contribution in [0.1, 0.15) is 5.56 Å². The number of rotatable bonds is 4. The largest absolute Gasteiger partial charge is 0.495 e. The Morgan fingerprint density at radius 3 is 2.77 bits per heavy atom. The van der Waals surface area contributed by atoms with Gasteiger partial charge in [0.2, 0.25) is 0 Å². The molecule has 1 aliphatic rings. The highest BCUT2D eigenvalue weighted by atomic mass is 35.5. The van der Waals surface area contributed by atoms with E-state index < -0.39 is 11.9 Å². The van der Waals surface area contributed by atoms with Crippen molar-refractivity contribution in [2.24, 2.45) is 0 Å². The Kier molecular flexibility index (Phi) is 4.99. The van der Waals surface area contributed by atoms with E-state index in [0.717, 1.165) is 4.90 Å². The highest BCUT2D eigenvalue weighted by Crippen LogP contribution is 2.26. The maximum atomic E-state index is 12.2. The summed E-state index contributed by atoms with van der Waals surface area (Å²) >= 11 is 11.1. The zero-order chi connectivity index (χ0) is 16.3. The number of methoxy groups -OCH3 is 2. The summed E-state index contributed by atoms with van der Waals surface area (Å²) in [6, 6.07) is 5.10. The number of nitrogens with one attached hydrogen (secondary N) is 1. The number of nitrogens with zero attached hydrogens (tertiary/aromatic N) is 1. The first kappa shape index (κ1) is 16.3. The summed E-state index contributed by atoms with van der Waals surface area (Å²) in [7, 11) is 2.76. The van der Waals surface area contributed by atoms with Gasteiger partial charge in [0.15, 0.2) is 5.11 Å². The molecule has 0 aliphatic carbocycles. The van der Waals surface area contributed by atoms with E-state index in [4.69, 9.17) is 28.6 Å². The summed E-state index contributed by atoms with van der Waals surface area (Å²) in [5, 5.41) is 3.35. The molecule has 0 bridgehead atoms. The molecule has 1 saturated heterocycles. The maximum Gasteiger partial charge on any atom is 0.325 e. The van der Waals surface area contributed by atoms with Gasteiger partial charge in [0.25, 0.3) is 5.91 Å². The molecule has 0 unspecified atom stereocenters. The predicted molar refractivity (Wildman–Crippen MR) is 85.4 cm³/mol. The quantitative estimate of drug-likeness (QED) is 0.510. The monoisotopic (exact) mass is 340 g/mol. The van der Waals surface area contributed by atoms with E-state index in [2.05, 4.69) is 10.1 Å². The van der Waals surface area contributed by atoms with Crippen molar-refractivity contribution in [3.63, 3.8) is 0 Å². The molecule has 1 N–H and O–H groups in total. The van der Waals surface area contributed by atoms with E-state index in [-0.39, 0.29) is 17.4 Å². The van der Waals surface area contributed by atoms with Gasteiger partial charge >= 0.3 is 5.97 Å². The van der Waals surface area contributed by atoms with Gasteiger partial charge in [-0.3, -0.25) is 14.5 Å². The summed E-state index contributed by atoms with van der Waals surface area (Å²) in [6.45, 7) is -0.234. The average Bonchev–Trinajstić information content (AvgIpc) is 2.75. The molecule has 1 amide bonds. The smallest absolute Gasteiger partial charge is 0.325 e. The van der Waals surface area contributed by atoms with E-state index in [1.807, 2.05) is 0 Å². The van der Waals surface area contributed by atoms with Crippen molar-refractivity contribution >= 4 is 46.9 Å². The van der Waals surface area contributed by atoms with E-state index in [1.54, 1.807) is 24.3 Å². The lowest BCUT2D eigenvalue weighted by Gasteiger charge is -2.11. The second kappa shape index (κ2) is 6.76. The molecular formula is C14H13ClN2O4S. The number of esters is 1. The molecule has 6 nitrogen and oxygen atoms in total. The van der Waals surface area contributed by atoms with Crippen LogP contribution in [0.25, 0.3) is 6.08 Å². The van der Waals surface area contributed by atoms with Crippen molar-refractivity contribution in [3.8, 4) is 5.75 Å². The first-order chi connectivity index (χ1) is 10.5. The fourth-order valence-electron chi connectivity index (χ4n) is 1.85. The van der Waals surface area contributed by atoms with Gasteiger partial charge in [0.1, 0.15) is 18.0 Å². The van der Waals surface area contributed by atoms with Gasteiger partial charge in [-0.05, 0) is 36.0 Å². The Morgan fingerprint density at radius 1 is 1.45 bits per heavy atom. The second-order valence-electron chi connectivity index (χ2n) is 4.35. The summed E-state index contributed by atoms with van der Waals surface area (Å²) < 4.78 is 9.60. The molecule has 0 saturated carbocycles. The second-order valence-corrected chi connectivity index (χ2v) is 5.14. The Labute approximate surface area is 137 Å². The minimum absolute atomic E-state index is 0.154. The Bertz CT molecular complexity index is 675. The normalized spacial score (nSPS) is 16.0. The zero-order valence-corrected chi connectivity index (χ0v) is 13.5. The minimum atomic E-state index is -0.550. The molecule has 1 aromatic rings. The third kappa shape index (κ3) is 3.37. The van der Waals surface area contributed by atoms with Gasteiger partial charge in [-0.25, -0.2) is 0 Å². The van der Waals surface area contributed by atoms with E-state index in [0.29, 0.717) is 16.3 Å². The van der Waals surface area contributed by atoms with Crippen molar-refractivity contribution in [3.05, 3.63) is 34.5 Å². The zero-order valence-electron chi connectivity index (χ0n) is 11.9.